The summed E-state index contributed by atoms with van der Waals surface area (Å²) >= 11 is 0. The fourth-order valence-electron chi connectivity index (χ4n) is 3.37. The molecule has 6 heteroatoms. The Bertz CT molecular complexity index is 817. The molecule has 1 heterocycles. The minimum Gasteiger partial charge on any atom is -0.445 e. The molecule has 1 N–H and O–H groups in total. The van der Waals surface area contributed by atoms with Crippen LogP contribution in [0, 0.1) is 0 Å². The monoisotopic (exact) mass is 394 g/mol. The van der Waals surface area contributed by atoms with Crippen LogP contribution in [0.25, 0.3) is 0 Å². The Balaban J connectivity index is 1.65. The smallest absolute Gasteiger partial charge is 0.408 e. The van der Waals surface area contributed by atoms with Crippen molar-refractivity contribution >= 4 is 17.8 Å². The van der Waals surface area contributed by atoms with E-state index in [1.807, 2.05) is 36.4 Å². The number of nitrogens with zero attached hydrogens (tertiary/aromatic N) is 1. The van der Waals surface area contributed by atoms with Crippen molar-refractivity contribution in [3.8, 4) is 0 Å². The van der Waals surface area contributed by atoms with Crippen molar-refractivity contribution in [2.24, 2.45) is 0 Å². The summed E-state index contributed by atoms with van der Waals surface area (Å²) in [5.74, 6) is -0.421. The number of amides is 2. The van der Waals surface area contributed by atoms with Gasteiger partial charge >= 0.3 is 6.09 Å². The van der Waals surface area contributed by atoms with Crippen LogP contribution in [0.15, 0.2) is 60.7 Å². The molecule has 29 heavy (non-hydrogen) atoms. The van der Waals surface area contributed by atoms with Gasteiger partial charge in [0.05, 0.1) is 0 Å². The standard InChI is InChI=1S/C23H26N2O4/c26-21(19-12-6-2-7-13-19)16-20(22(27)25-14-8-3-9-15-25)24-23(28)29-17-18-10-4-1-5-11-18/h1-2,4-7,10-13,20H,3,8-9,14-17H2,(H,24,28)/t20-/m0/s1. The van der Waals surface area contributed by atoms with Crippen LogP contribution in [0.4, 0.5) is 4.79 Å². The van der Waals surface area contributed by atoms with E-state index in [1.54, 1.807) is 29.2 Å². The number of rotatable bonds is 7. The molecule has 0 aliphatic carbocycles. The number of hydrogen-bond donors (Lipinski definition) is 1. The number of nitrogens with one attached hydrogen (secondary N) is 1. The summed E-state index contributed by atoms with van der Waals surface area (Å²) in [4.78, 5) is 39.7. The number of ketones is 1. The summed E-state index contributed by atoms with van der Waals surface area (Å²) in [5, 5.41) is 2.61. The first-order valence-corrected chi connectivity index (χ1v) is 9.98. The van der Waals surface area contributed by atoms with Crippen molar-refractivity contribution in [2.75, 3.05) is 13.1 Å². The van der Waals surface area contributed by atoms with Gasteiger partial charge in [-0.05, 0) is 24.8 Å². The first kappa shape index (κ1) is 20.6. The van der Waals surface area contributed by atoms with Gasteiger partial charge in [-0.3, -0.25) is 9.59 Å². The zero-order valence-corrected chi connectivity index (χ0v) is 16.4. The van der Waals surface area contributed by atoms with Crippen molar-refractivity contribution in [1.82, 2.24) is 10.2 Å². The van der Waals surface area contributed by atoms with Gasteiger partial charge in [0.2, 0.25) is 5.91 Å². The zero-order valence-electron chi connectivity index (χ0n) is 16.4. The number of ether oxygens (including phenoxy) is 1. The molecule has 6 nitrogen and oxygen atoms in total. The summed E-state index contributed by atoms with van der Waals surface area (Å²) < 4.78 is 5.25. The first-order valence-electron chi connectivity index (χ1n) is 9.98. The molecule has 1 atom stereocenters. The number of hydrogen-bond acceptors (Lipinski definition) is 4. The van der Waals surface area contributed by atoms with Crippen LogP contribution >= 0.6 is 0 Å². The van der Waals surface area contributed by atoms with E-state index in [4.69, 9.17) is 4.74 Å². The fourth-order valence-corrected chi connectivity index (χ4v) is 3.37. The Morgan fingerprint density at radius 2 is 1.52 bits per heavy atom. The molecule has 1 fully saturated rings. The van der Waals surface area contributed by atoms with Crippen LogP contribution in [-0.4, -0.2) is 41.8 Å². The Hall–Kier alpha value is -3.15. The third-order valence-corrected chi connectivity index (χ3v) is 4.96. The van der Waals surface area contributed by atoms with Gasteiger partial charge in [-0.15, -0.1) is 0 Å². The Labute approximate surface area is 170 Å². The van der Waals surface area contributed by atoms with Gasteiger partial charge in [0.25, 0.3) is 0 Å². The number of Topliss-reactive ketones (excluding diaryl/α,β-unsaturated/α-hetero) is 1. The van der Waals surface area contributed by atoms with E-state index >= 15 is 0 Å². The zero-order chi connectivity index (χ0) is 20.5. The molecule has 2 aromatic carbocycles. The predicted octanol–water partition coefficient (Wildman–Crippen LogP) is 3.57. The van der Waals surface area contributed by atoms with E-state index in [9.17, 15) is 14.4 Å². The predicted molar refractivity (Wildman–Crippen MR) is 109 cm³/mol. The van der Waals surface area contributed by atoms with Crippen LogP contribution in [0.1, 0.15) is 41.6 Å². The lowest BCUT2D eigenvalue weighted by molar-refractivity contribution is -0.134. The van der Waals surface area contributed by atoms with Crippen molar-refractivity contribution in [2.45, 2.75) is 38.3 Å². The first-order chi connectivity index (χ1) is 14.1. The molecule has 1 aliphatic heterocycles. The second-order valence-corrected chi connectivity index (χ2v) is 7.14. The van der Waals surface area contributed by atoms with Gasteiger partial charge in [0.15, 0.2) is 5.78 Å². The third kappa shape index (κ3) is 6.17. The SMILES string of the molecule is O=C(N[C@@H](CC(=O)c1ccccc1)C(=O)N1CCCCC1)OCc1ccccc1. The molecular weight excluding hydrogens is 368 g/mol. The van der Waals surface area contributed by atoms with E-state index in [0.717, 1.165) is 24.8 Å². The summed E-state index contributed by atoms with van der Waals surface area (Å²) in [6.07, 6.45) is 2.15. The maximum Gasteiger partial charge on any atom is 0.408 e. The molecule has 1 aliphatic rings. The maximum absolute atomic E-state index is 13.0. The highest BCUT2D eigenvalue weighted by Crippen LogP contribution is 2.13. The molecule has 0 radical (unpaired) electrons. The van der Waals surface area contributed by atoms with Crippen LogP contribution in [0.2, 0.25) is 0 Å². The molecule has 1 saturated heterocycles. The lowest BCUT2D eigenvalue weighted by atomic mass is 10.0. The molecule has 0 aromatic heterocycles. The molecule has 3 rings (SSSR count). The average molecular weight is 394 g/mol. The number of likely N-dealkylation sites (tertiary alicyclic amines) is 1. The number of piperidine rings is 1. The molecule has 0 unspecified atom stereocenters. The van der Waals surface area contributed by atoms with Gasteiger partial charge in [-0.1, -0.05) is 60.7 Å². The fraction of sp³-hybridized carbons (Fsp3) is 0.348. The highest BCUT2D eigenvalue weighted by molar-refractivity contribution is 6.00. The Morgan fingerprint density at radius 3 is 2.17 bits per heavy atom. The summed E-state index contributed by atoms with van der Waals surface area (Å²) in [6, 6.07) is 17.1. The van der Waals surface area contributed by atoms with E-state index in [0.29, 0.717) is 18.7 Å². The highest BCUT2D eigenvalue weighted by Gasteiger charge is 2.29. The highest BCUT2D eigenvalue weighted by atomic mass is 16.5. The molecule has 0 spiro atoms. The Morgan fingerprint density at radius 1 is 0.897 bits per heavy atom. The van der Waals surface area contributed by atoms with Crippen LogP contribution in [-0.2, 0) is 16.1 Å². The van der Waals surface area contributed by atoms with Crippen molar-refractivity contribution in [1.29, 1.82) is 0 Å². The lowest BCUT2D eigenvalue weighted by Crippen LogP contribution is -2.50. The number of alkyl carbamates (subject to hydrolysis) is 1. The lowest BCUT2D eigenvalue weighted by Gasteiger charge is -2.30. The number of benzene rings is 2. The number of carbonyl (C=O) groups excluding carboxylic acids is 3. The minimum atomic E-state index is -0.941. The topological polar surface area (TPSA) is 75.7 Å². The normalized spacial score (nSPS) is 14.7. The Kier molecular flexibility index (Phi) is 7.39. The van der Waals surface area contributed by atoms with Crippen LogP contribution in [0.3, 0.4) is 0 Å². The van der Waals surface area contributed by atoms with Gasteiger partial charge in [0, 0.05) is 25.1 Å². The van der Waals surface area contributed by atoms with Gasteiger partial charge < -0.3 is 15.0 Å². The second-order valence-electron chi connectivity index (χ2n) is 7.14. The van der Waals surface area contributed by atoms with Gasteiger partial charge in [0.1, 0.15) is 12.6 Å². The number of carbonyl (C=O) groups is 3. The maximum atomic E-state index is 13.0. The van der Waals surface area contributed by atoms with Gasteiger partial charge in [-0.25, -0.2) is 4.79 Å². The molecule has 0 bridgehead atoms. The summed E-state index contributed by atoms with van der Waals surface area (Å²) in [6.45, 7) is 1.40. The van der Waals surface area contributed by atoms with E-state index in [2.05, 4.69) is 5.32 Å². The molecule has 0 saturated carbocycles. The van der Waals surface area contributed by atoms with Crippen molar-refractivity contribution < 1.29 is 19.1 Å². The quantitative estimate of drug-likeness (QED) is 0.729. The van der Waals surface area contributed by atoms with Crippen LogP contribution < -0.4 is 5.32 Å². The molecule has 2 amide bonds. The van der Waals surface area contributed by atoms with E-state index in [-0.39, 0.29) is 24.7 Å². The third-order valence-electron chi connectivity index (χ3n) is 4.96. The summed E-state index contributed by atoms with van der Waals surface area (Å²) in [7, 11) is 0. The molecule has 152 valence electrons. The van der Waals surface area contributed by atoms with Crippen LogP contribution in [0.5, 0.6) is 0 Å². The van der Waals surface area contributed by atoms with E-state index in [1.165, 1.54) is 0 Å². The molecule has 2 aromatic rings. The largest absolute Gasteiger partial charge is 0.445 e. The van der Waals surface area contributed by atoms with Crippen molar-refractivity contribution in [3.05, 3.63) is 71.8 Å². The van der Waals surface area contributed by atoms with E-state index < -0.39 is 12.1 Å². The average Bonchev–Trinajstić information content (AvgIpc) is 2.78. The molecular formula is C23H26N2O4. The summed E-state index contributed by atoms with van der Waals surface area (Å²) in [5.41, 5.74) is 1.37. The minimum absolute atomic E-state index is 0.0974. The second kappa shape index (κ2) is 10.4. The van der Waals surface area contributed by atoms with Gasteiger partial charge in [-0.2, -0.15) is 0 Å². The van der Waals surface area contributed by atoms with Crippen molar-refractivity contribution in [3.63, 3.8) is 0 Å².